The van der Waals surface area contributed by atoms with E-state index in [4.69, 9.17) is 4.74 Å². The summed E-state index contributed by atoms with van der Waals surface area (Å²) < 4.78 is 6.61. The predicted octanol–water partition coefficient (Wildman–Crippen LogP) is 4.27. The smallest absolute Gasteiger partial charge is 0.328 e. The quantitative estimate of drug-likeness (QED) is 0.485. The Kier molecular flexibility index (Phi) is 3.19. The summed E-state index contributed by atoms with van der Waals surface area (Å²) in [5.74, 6) is -0.0898. The Morgan fingerprint density at radius 1 is 1.22 bits per heavy atom. The topological polar surface area (TPSA) is 26.3 Å². The zero-order valence-corrected chi connectivity index (χ0v) is 14.0. The minimum Gasteiger partial charge on any atom is -0.456 e. The summed E-state index contributed by atoms with van der Waals surface area (Å²) in [5.41, 5.74) is 1.15. The highest BCUT2D eigenvalue weighted by Gasteiger charge is 2.54. The molecule has 0 aromatic heterocycles. The molecule has 1 fully saturated rings. The SMILES string of the molecule is O=C1OC2CC(c3ccc(Br)cc3)C1(Br)C=C2Br. The normalized spacial score (nSPS) is 34.2. The van der Waals surface area contributed by atoms with Crippen molar-refractivity contribution < 1.29 is 9.53 Å². The molecule has 1 aromatic rings. The van der Waals surface area contributed by atoms with E-state index in [-0.39, 0.29) is 18.0 Å². The number of alkyl halides is 1. The first-order chi connectivity index (χ1) is 8.50. The van der Waals surface area contributed by atoms with Crippen molar-refractivity contribution >= 4 is 53.8 Å². The molecule has 2 heterocycles. The maximum absolute atomic E-state index is 12.0. The minimum atomic E-state index is -0.742. The molecule has 3 unspecified atom stereocenters. The average molecular weight is 437 g/mol. The van der Waals surface area contributed by atoms with Crippen LogP contribution >= 0.6 is 47.8 Å². The van der Waals surface area contributed by atoms with Crippen LogP contribution in [-0.2, 0) is 9.53 Å². The van der Waals surface area contributed by atoms with E-state index in [2.05, 4.69) is 47.8 Å². The molecular formula is C13H9Br3O2. The Hall–Kier alpha value is -0.130. The van der Waals surface area contributed by atoms with Crippen molar-refractivity contribution in [3.05, 3.63) is 44.9 Å². The summed E-state index contributed by atoms with van der Waals surface area (Å²) in [4.78, 5) is 12.0. The van der Waals surface area contributed by atoms with Gasteiger partial charge < -0.3 is 4.74 Å². The molecule has 2 nitrogen and oxygen atoms in total. The number of esters is 1. The van der Waals surface area contributed by atoms with Gasteiger partial charge in [0.25, 0.3) is 0 Å². The Balaban J connectivity index is 2.05. The van der Waals surface area contributed by atoms with Gasteiger partial charge in [0.1, 0.15) is 10.4 Å². The van der Waals surface area contributed by atoms with E-state index in [9.17, 15) is 4.79 Å². The van der Waals surface area contributed by atoms with Gasteiger partial charge >= 0.3 is 5.97 Å². The van der Waals surface area contributed by atoms with Gasteiger partial charge in [-0.25, -0.2) is 0 Å². The fraction of sp³-hybridized carbons (Fsp3) is 0.308. The van der Waals surface area contributed by atoms with Crippen molar-refractivity contribution in [3.63, 3.8) is 0 Å². The van der Waals surface area contributed by atoms with Gasteiger partial charge in [-0.15, -0.1) is 0 Å². The third kappa shape index (κ3) is 1.91. The van der Waals surface area contributed by atoms with Crippen molar-refractivity contribution in [1.29, 1.82) is 0 Å². The number of halogens is 3. The van der Waals surface area contributed by atoms with Crippen LogP contribution in [0.25, 0.3) is 0 Å². The molecule has 3 atom stereocenters. The second kappa shape index (κ2) is 4.46. The van der Waals surface area contributed by atoms with E-state index in [0.717, 1.165) is 20.9 Å². The largest absolute Gasteiger partial charge is 0.456 e. The Morgan fingerprint density at radius 2 is 1.89 bits per heavy atom. The number of ether oxygens (including phenoxy) is 1. The van der Waals surface area contributed by atoms with E-state index in [1.165, 1.54) is 0 Å². The van der Waals surface area contributed by atoms with Crippen molar-refractivity contribution in [2.45, 2.75) is 22.8 Å². The molecule has 5 heteroatoms. The molecule has 0 spiro atoms. The Bertz CT molecular complexity index is 538. The number of hydrogen-bond donors (Lipinski definition) is 0. The molecule has 0 radical (unpaired) electrons. The molecule has 4 rings (SSSR count). The lowest BCUT2D eigenvalue weighted by Crippen LogP contribution is -2.50. The molecule has 3 aliphatic rings. The van der Waals surface area contributed by atoms with Gasteiger partial charge in [0, 0.05) is 14.9 Å². The van der Waals surface area contributed by atoms with Crippen LogP contribution in [0.2, 0.25) is 0 Å². The molecule has 18 heavy (non-hydrogen) atoms. The first-order valence-electron chi connectivity index (χ1n) is 5.54. The summed E-state index contributed by atoms with van der Waals surface area (Å²) in [7, 11) is 0. The minimum absolute atomic E-state index is 0.109. The van der Waals surface area contributed by atoms with Gasteiger partial charge in [-0.3, -0.25) is 4.79 Å². The Labute approximate surface area is 130 Å². The summed E-state index contributed by atoms with van der Waals surface area (Å²) in [6, 6.07) is 8.09. The van der Waals surface area contributed by atoms with Crippen molar-refractivity contribution in [1.82, 2.24) is 0 Å². The summed E-state index contributed by atoms with van der Waals surface area (Å²) >= 11 is 10.5. The zero-order chi connectivity index (χ0) is 12.9. The van der Waals surface area contributed by atoms with E-state index in [1.54, 1.807) is 0 Å². The maximum atomic E-state index is 12.0. The summed E-state index contributed by atoms with van der Waals surface area (Å²) in [6.45, 7) is 0. The lowest BCUT2D eigenvalue weighted by Gasteiger charge is -2.44. The van der Waals surface area contributed by atoms with Crippen LogP contribution in [-0.4, -0.2) is 16.4 Å². The maximum Gasteiger partial charge on any atom is 0.328 e. The van der Waals surface area contributed by atoms with Crippen LogP contribution in [0.4, 0.5) is 0 Å². The fourth-order valence-electron chi connectivity index (χ4n) is 2.49. The monoisotopic (exact) mass is 434 g/mol. The highest BCUT2D eigenvalue weighted by molar-refractivity contribution is 9.12. The Morgan fingerprint density at radius 3 is 2.56 bits per heavy atom. The van der Waals surface area contributed by atoms with Crippen molar-refractivity contribution in [3.8, 4) is 0 Å². The van der Waals surface area contributed by atoms with Crippen molar-refractivity contribution in [2.75, 3.05) is 0 Å². The molecular weight excluding hydrogens is 428 g/mol. The van der Waals surface area contributed by atoms with Gasteiger partial charge in [-0.05, 0) is 30.2 Å². The van der Waals surface area contributed by atoms with E-state index >= 15 is 0 Å². The molecule has 0 amide bonds. The average Bonchev–Trinajstić information content (AvgIpc) is 2.32. The van der Waals surface area contributed by atoms with Gasteiger partial charge in [0.15, 0.2) is 0 Å². The second-order valence-electron chi connectivity index (χ2n) is 4.53. The predicted molar refractivity (Wildman–Crippen MR) is 80.0 cm³/mol. The van der Waals surface area contributed by atoms with Gasteiger partial charge in [0.05, 0.1) is 0 Å². The van der Waals surface area contributed by atoms with Gasteiger partial charge in [-0.2, -0.15) is 0 Å². The standard InChI is InChI=1S/C13H9Br3O2/c14-8-3-1-7(2-4-8)9-5-11-10(15)6-13(9,16)12(17)18-11/h1-4,6,9,11H,5H2. The summed E-state index contributed by atoms with van der Waals surface area (Å²) in [6.07, 6.45) is 2.58. The van der Waals surface area contributed by atoms with Crippen LogP contribution in [0.3, 0.4) is 0 Å². The molecule has 1 aromatic carbocycles. The van der Waals surface area contributed by atoms with Crippen LogP contribution in [0.1, 0.15) is 17.9 Å². The van der Waals surface area contributed by atoms with E-state index < -0.39 is 4.32 Å². The number of carbonyl (C=O) groups is 1. The lowest BCUT2D eigenvalue weighted by molar-refractivity contribution is -0.155. The number of hydrogen-bond acceptors (Lipinski definition) is 2. The lowest BCUT2D eigenvalue weighted by atomic mass is 9.76. The third-order valence-corrected chi connectivity index (χ3v) is 5.82. The third-order valence-electron chi connectivity index (χ3n) is 3.45. The molecule has 2 bridgehead atoms. The van der Waals surface area contributed by atoms with E-state index in [1.807, 2.05) is 30.3 Å². The fourth-order valence-corrected chi connectivity index (χ4v) is 4.50. The molecule has 1 aliphatic carbocycles. The molecule has 2 aliphatic heterocycles. The van der Waals surface area contributed by atoms with Crippen LogP contribution in [0.5, 0.6) is 0 Å². The molecule has 0 saturated carbocycles. The van der Waals surface area contributed by atoms with Gasteiger partial charge in [-0.1, -0.05) is 59.9 Å². The molecule has 0 N–H and O–H groups in total. The zero-order valence-electron chi connectivity index (χ0n) is 9.20. The van der Waals surface area contributed by atoms with Crippen molar-refractivity contribution in [2.24, 2.45) is 0 Å². The molecule has 1 saturated heterocycles. The first-order valence-corrected chi connectivity index (χ1v) is 7.92. The number of rotatable bonds is 1. The number of carbonyl (C=O) groups excluding carboxylic acids is 1. The first kappa shape index (κ1) is 12.9. The van der Waals surface area contributed by atoms with Crippen LogP contribution in [0, 0.1) is 0 Å². The number of benzene rings is 1. The summed E-state index contributed by atoms with van der Waals surface area (Å²) in [5, 5.41) is 0. The molecule has 94 valence electrons. The highest BCUT2D eigenvalue weighted by Crippen LogP contribution is 2.52. The number of fused-ring (bicyclic) bond motifs is 2. The van der Waals surface area contributed by atoms with E-state index in [0.29, 0.717) is 0 Å². The van der Waals surface area contributed by atoms with Crippen LogP contribution in [0.15, 0.2) is 39.3 Å². The highest BCUT2D eigenvalue weighted by atomic mass is 79.9. The van der Waals surface area contributed by atoms with Crippen LogP contribution < -0.4 is 0 Å². The second-order valence-corrected chi connectivity index (χ2v) is 7.67. The van der Waals surface area contributed by atoms with Gasteiger partial charge in [0.2, 0.25) is 0 Å².